The van der Waals surface area contributed by atoms with Gasteiger partial charge in [-0.2, -0.15) is 0 Å². The van der Waals surface area contributed by atoms with E-state index in [0.717, 1.165) is 49.7 Å². The Bertz CT molecular complexity index is 684. The van der Waals surface area contributed by atoms with E-state index in [1.54, 1.807) is 0 Å². The third kappa shape index (κ3) is 5.79. The van der Waals surface area contributed by atoms with Crippen LogP contribution in [-0.2, 0) is 18.8 Å². The van der Waals surface area contributed by atoms with Crippen molar-refractivity contribution in [1.29, 1.82) is 0 Å². The Morgan fingerprint density at radius 2 is 1.77 bits per heavy atom. The fraction of sp³-hybridized carbons (Fsp3) is 0.708. The van der Waals surface area contributed by atoms with Crippen LogP contribution in [0.25, 0.3) is 0 Å². The normalized spacial score (nSPS) is 25.2. The summed E-state index contributed by atoms with van der Waals surface area (Å²) in [6.45, 7) is 10.9. The van der Waals surface area contributed by atoms with Gasteiger partial charge in [-0.1, -0.05) is 25.5 Å². The molecule has 0 amide bonds. The molecule has 6 heteroatoms. The average Bonchev–Trinajstić information content (AvgIpc) is 2.90. The lowest BCUT2D eigenvalue weighted by Gasteiger charge is -2.32. The molecule has 2 atom stereocenters. The molecule has 0 radical (unpaired) electrons. The van der Waals surface area contributed by atoms with Crippen molar-refractivity contribution < 1.29 is 23.6 Å². The van der Waals surface area contributed by atoms with Gasteiger partial charge in [-0.25, -0.2) is 0 Å². The Morgan fingerprint density at radius 3 is 2.40 bits per heavy atom. The monoisotopic (exact) mass is 416 g/mol. The summed E-state index contributed by atoms with van der Waals surface area (Å²) < 4.78 is 23.8. The molecular weight excluding hydrogens is 379 g/mol. The van der Waals surface area contributed by atoms with Crippen LogP contribution in [0, 0.1) is 5.92 Å². The van der Waals surface area contributed by atoms with Crippen molar-refractivity contribution in [2.75, 3.05) is 6.61 Å². The van der Waals surface area contributed by atoms with E-state index in [4.69, 9.17) is 18.8 Å². The number of rotatable bonds is 8. The summed E-state index contributed by atoms with van der Waals surface area (Å²) >= 11 is 0. The Hall–Kier alpha value is -1.53. The summed E-state index contributed by atoms with van der Waals surface area (Å²) in [6, 6.07) is 8.01. The van der Waals surface area contributed by atoms with Crippen molar-refractivity contribution in [3.63, 3.8) is 0 Å². The first-order valence-corrected chi connectivity index (χ1v) is 11.5. The molecule has 1 aromatic rings. The predicted octanol–water partition coefficient (Wildman–Crippen LogP) is 4.66. The van der Waals surface area contributed by atoms with E-state index in [9.17, 15) is 4.79 Å². The van der Waals surface area contributed by atoms with Crippen molar-refractivity contribution in [1.82, 2.24) is 0 Å². The lowest BCUT2D eigenvalue weighted by atomic mass is 9.79. The molecule has 0 N–H and O–H groups in total. The molecule has 0 spiro atoms. The fourth-order valence-corrected chi connectivity index (χ4v) is 4.03. The number of unbranched alkanes of at least 4 members (excludes halogenated alkanes) is 1. The Balaban J connectivity index is 1.50. The first-order chi connectivity index (χ1) is 14.2. The van der Waals surface area contributed by atoms with Crippen LogP contribution in [0.5, 0.6) is 5.75 Å². The van der Waals surface area contributed by atoms with Gasteiger partial charge >= 0.3 is 13.1 Å². The van der Waals surface area contributed by atoms with E-state index < -0.39 is 0 Å². The van der Waals surface area contributed by atoms with E-state index in [-0.39, 0.29) is 30.4 Å². The van der Waals surface area contributed by atoms with Crippen molar-refractivity contribution in [2.24, 2.45) is 5.92 Å². The molecule has 30 heavy (non-hydrogen) atoms. The number of hydrogen-bond acceptors (Lipinski definition) is 5. The third-order valence-corrected chi connectivity index (χ3v) is 6.66. The summed E-state index contributed by atoms with van der Waals surface area (Å²) in [4.78, 5) is 12.0. The minimum atomic E-state index is -0.359. The number of benzene rings is 1. The third-order valence-electron chi connectivity index (χ3n) is 6.66. The minimum Gasteiger partial charge on any atom is -0.490 e. The van der Waals surface area contributed by atoms with Crippen LogP contribution in [-0.4, -0.2) is 37.0 Å². The average molecular weight is 416 g/mol. The van der Waals surface area contributed by atoms with Crippen LogP contribution in [0.15, 0.2) is 24.3 Å². The van der Waals surface area contributed by atoms with Crippen molar-refractivity contribution in [3.8, 4) is 5.75 Å². The van der Waals surface area contributed by atoms with Crippen LogP contribution < -0.4 is 10.2 Å². The minimum absolute atomic E-state index is 0.0686. The molecular formula is C24H37BO5. The summed E-state index contributed by atoms with van der Waals surface area (Å²) in [5.74, 6) is 1.13. The second kappa shape index (κ2) is 9.74. The number of hydrogen-bond donors (Lipinski definition) is 0. The van der Waals surface area contributed by atoms with E-state index in [1.807, 2.05) is 24.3 Å². The van der Waals surface area contributed by atoms with Crippen molar-refractivity contribution in [3.05, 3.63) is 24.3 Å². The summed E-state index contributed by atoms with van der Waals surface area (Å²) in [7, 11) is -0.359. The van der Waals surface area contributed by atoms with E-state index >= 15 is 0 Å². The SMILES string of the molecule is CCCCOC(=O)C[C@@H]1CCC[C@@H](Oc2ccc(B3OC(C)(C)C(C)(C)O3)cc2)C1. The number of esters is 1. The highest BCUT2D eigenvalue weighted by atomic mass is 16.7. The Morgan fingerprint density at radius 1 is 1.10 bits per heavy atom. The Labute approximate surface area is 181 Å². The summed E-state index contributed by atoms with van der Waals surface area (Å²) in [5.41, 5.74) is 0.306. The maximum atomic E-state index is 12.0. The molecule has 1 aliphatic carbocycles. The zero-order chi connectivity index (χ0) is 21.8. The topological polar surface area (TPSA) is 54.0 Å². The second-order valence-corrected chi connectivity index (χ2v) is 9.71. The zero-order valence-electron chi connectivity index (χ0n) is 19.2. The summed E-state index contributed by atoms with van der Waals surface area (Å²) in [5, 5.41) is 0. The zero-order valence-corrected chi connectivity index (χ0v) is 19.2. The van der Waals surface area contributed by atoms with E-state index in [2.05, 4.69) is 34.6 Å². The smallest absolute Gasteiger partial charge is 0.490 e. The van der Waals surface area contributed by atoms with Gasteiger partial charge in [-0.05, 0) is 83.3 Å². The van der Waals surface area contributed by atoms with Crippen LogP contribution in [0.3, 0.4) is 0 Å². The number of carbonyl (C=O) groups excluding carboxylic acids is 1. The van der Waals surface area contributed by atoms with Crippen molar-refractivity contribution >= 4 is 18.6 Å². The predicted molar refractivity (Wildman–Crippen MR) is 119 cm³/mol. The highest BCUT2D eigenvalue weighted by Gasteiger charge is 2.51. The number of ether oxygens (including phenoxy) is 2. The maximum Gasteiger partial charge on any atom is 0.494 e. The molecule has 1 saturated carbocycles. The van der Waals surface area contributed by atoms with Gasteiger partial charge in [-0.15, -0.1) is 0 Å². The highest BCUT2D eigenvalue weighted by Crippen LogP contribution is 2.36. The van der Waals surface area contributed by atoms with Crippen LogP contribution in [0.1, 0.15) is 79.6 Å². The van der Waals surface area contributed by atoms with Gasteiger partial charge in [0.2, 0.25) is 0 Å². The molecule has 3 rings (SSSR count). The first kappa shape index (κ1) is 23.1. The Kier molecular flexibility index (Phi) is 7.51. The lowest BCUT2D eigenvalue weighted by molar-refractivity contribution is -0.145. The molecule has 1 aromatic carbocycles. The standard InChI is InChI=1S/C24H37BO5/c1-6-7-15-27-22(26)17-18-9-8-10-21(16-18)28-20-13-11-19(12-14-20)25-29-23(2,3)24(4,5)30-25/h11-14,18,21H,6-10,15-17H2,1-5H3/t18-,21-/m1/s1. The fourth-order valence-electron chi connectivity index (χ4n) is 4.03. The van der Waals surface area contributed by atoms with Gasteiger partial charge in [0.15, 0.2) is 0 Å². The van der Waals surface area contributed by atoms with Gasteiger partial charge in [0.05, 0.1) is 23.9 Å². The molecule has 1 saturated heterocycles. The maximum absolute atomic E-state index is 12.0. The quantitative estimate of drug-likeness (QED) is 0.351. The number of carbonyl (C=O) groups is 1. The van der Waals surface area contributed by atoms with Gasteiger partial charge in [0, 0.05) is 6.42 Å². The molecule has 1 aliphatic heterocycles. The molecule has 0 unspecified atom stereocenters. The lowest BCUT2D eigenvalue weighted by Crippen LogP contribution is -2.41. The van der Waals surface area contributed by atoms with E-state index in [0.29, 0.717) is 18.9 Å². The van der Waals surface area contributed by atoms with Gasteiger partial charge < -0.3 is 18.8 Å². The molecule has 2 fully saturated rings. The van der Waals surface area contributed by atoms with Crippen LogP contribution in [0.4, 0.5) is 0 Å². The highest BCUT2D eigenvalue weighted by molar-refractivity contribution is 6.62. The van der Waals surface area contributed by atoms with Gasteiger partial charge in [-0.3, -0.25) is 4.79 Å². The molecule has 0 aromatic heterocycles. The molecule has 166 valence electrons. The first-order valence-electron chi connectivity index (χ1n) is 11.5. The second-order valence-electron chi connectivity index (χ2n) is 9.71. The molecule has 2 aliphatic rings. The molecule has 0 bridgehead atoms. The van der Waals surface area contributed by atoms with Gasteiger partial charge in [0.25, 0.3) is 0 Å². The summed E-state index contributed by atoms with van der Waals surface area (Å²) in [6.07, 6.45) is 6.72. The largest absolute Gasteiger partial charge is 0.494 e. The molecule has 5 nitrogen and oxygen atoms in total. The van der Waals surface area contributed by atoms with Gasteiger partial charge in [0.1, 0.15) is 5.75 Å². The molecule has 1 heterocycles. The van der Waals surface area contributed by atoms with Crippen molar-refractivity contribution in [2.45, 2.75) is 96.9 Å². The van der Waals surface area contributed by atoms with E-state index in [1.165, 1.54) is 0 Å². The van der Waals surface area contributed by atoms with Crippen LogP contribution in [0.2, 0.25) is 0 Å². The van der Waals surface area contributed by atoms with Crippen LogP contribution >= 0.6 is 0 Å².